The highest BCUT2D eigenvalue weighted by Crippen LogP contribution is 2.42. The van der Waals surface area contributed by atoms with Crippen LogP contribution in [0.2, 0.25) is 0 Å². The van der Waals surface area contributed by atoms with Crippen LogP contribution in [0, 0.1) is 0 Å². The van der Waals surface area contributed by atoms with E-state index in [-0.39, 0.29) is 29.4 Å². The minimum Gasteiger partial charge on any atom is -0.465 e. The highest BCUT2D eigenvalue weighted by atomic mass is 16.5. The van der Waals surface area contributed by atoms with Gasteiger partial charge < -0.3 is 23.8 Å². The molecule has 0 bridgehead atoms. The molecule has 0 saturated heterocycles. The number of carbonyl (C=O) groups is 3. The van der Waals surface area contributed by atoms with Crippen molar-refractivity contribution < 1.29 is 28.3 Å². The Balaban J connectivity index is 1.44. The molecule has 8 nitrogen and oxygen atoms in total. The third-order valence-corrected chi connectivity index (χ3v) is 7.20. The number of methoxy groups -OCH3 is 2. The number of rotatable bonds is 6. The Morgan fingerprint density at radius 2 is 1.65 bits per heavy atom. The first-order valence-electron chi connectivity index (χ1n) is 12.8. The molecule has 3 heterocycles. The van der Waals surface area contributed by atoms with E-state index in [9.17, 15) is 14.4 Å². The lowest BCUT2D eigenvalue weighted by atomic mass is 9.93. The summed E-state index contributed by atoms with van der Waals surface area (Å²) in [6.07, 6.45) is 2.29. The van der Waals surface area contributed by atoms with Gasteiger partial charge in [0.15, 0.2) is 0 Å². The molecule has 0 radical (unpaired) electrons. The number of hydrogen-bond acceptors (Lipinski definition) is 6. The van der Waals surface area contributed by atoms with Gasteiger partial charge in [0.25, 0.3) is 0 Å². The molecular formula is C32H26N2O6. The molecule has 3 aromatic carbocycles. The van der Waals surface area contributed by atoms with E-state index >= 15 is 0 Å². The van der Waals surface area contributed by atoms with Crippen LogP contribution in [0.1, 0.15) is 49.9 Å². The fraction of sp³-hybridized carbons (Fsp3) is 0.156. The molecular weight excluding hydrogens is 508 g/mol. The monoisotopic (exact) mass is 534 g/mol. The summed E-state index contributed by atoms with van der Waals surface area (Å²) in [4.78, 5) is 37.6. The molecule has 6 rings (SSSR count). The summed E-state index contributed by atoms with van der Waals surface area (Å²) < 4.78 is 18.3. The first-order chi connectivity index (χ1) is 19.4. The molecule has 8 heteroatoms. The maximum atomic E-state index is 13.0. The van der Waals surface area contributed by atoms with Crippen molar-refractivity contribution in [2.45, 2.75) is 18.9 Å². The van der Waals surface area contributed by atoms with E-state index in [0.29, 0.717) is 23.6 Å². The summed E-state index contributed by atoms with van der Waals surface area (Å²) in [6.45, 7) is 0.682. The molecule has 0 spiro atoms. The van der Waals surface area contributed by atoms with Gasteiger partial charge in [-0.25, -0.2) is 9.59 Å². The first-order valence-corrected chi connectivity index (χ1v) is 12.8. The van der Waals surface area contributed by atoms with Gasteiger partial charge in [0.1, 0.15) is 11.5 Å². The molecule has 200 valence electrons. The van der Waals surface area contributed by atoms with Gasteiger partial charge >= 0.3 is 11.9 Å². The van der Waals surface area contributed by atoms with Crippen LogP contribution >= 0.6 is 0 Å². The van der Waals surface area contributed by atoms with Crippen molar-refractivity contribution in [3.05, 3.63) is 113 Å². The smallest absolute Gasteiger partial charge is 0.337 e. The summed E-state index contributed by atoms with van der Waals surface area (Å²) in [5.74, 6) is -0.578. The summed E-state index contributed by atoms with van der Waals surface area (Å²) in [5, 5.41) is 4.04. The van der Waals surface area contributed by atoms with E-state index in [1.54, 1.807) is 18.2 Å². The van der Waals surface area contributed by atoms with E-state index in [4.69, 9.17) is 13.9 Å². The second kappa shape index (κ2) is 10.2. The summed E-state index contributed by atoms with van der Waals surface area (Å²) in [6, 6.07) is 24.4. The molecule has 0 saturated carbocycles. The molecule has 0 fully saturated rings. The van der Waals surface area contributed by atoms with E-state index in [2.05, 4.69) is 34.3 Å². The minimum atomic E-state index is -0.585. The van der Waals surface area contributed by atoms with E-state index in [1.807, 2.05) is 36.4 Å². The Labute approximate surface area is 230 Å². The summed E-state index contributed by atoms with van der Waals surface area (Å²) in [7, 11) is 2.55. The van der Waals surface area contributed by atoms with Crippen molar-refractivity contribution in [3.63, 3.8) is 0 Å². The summed E-state index contributed by atoms with van der Waals surface area (Å²) >= 11 is 0. The van der Waals surface area contributed by atoms with Crippen molar-refractivity contribution in [2.75, 3.05) is 19.5 Å². The number of furan rings is 1. The molecule has 0 unspecified atom stereocenters. The largest absolute Gasteiger partial charge is 0.465 e. The quantitative estimate of drug-likeness (QED) is 0.268. The topological polar surface area (TPSA) is 99.8 Å². The van der Waals surface area contributed by atoms with E-state index < -0.39 is 11.9 Å². The van der Waals surface area contributed by atoms with Crippen LogP contribution in [0.3, 0.4) is 0 Å². The Kier molecular flexibility index (Phi) is 6.43. The van der Waals surface area contributed by atoms with Crippen LogP contribution in [-0.4, -0.2) is 36.6 Å². The van der Waals surface area contributed by atoms with Crippen molar-refractivity contribution in [1.82, 2.24) is 4.57 Å². The molecule has 1 aliphatic heterocycles. The van der Waals surface area contributed by atoms with E-state index in [0.717, 1.165) is 22.2 Å². The Bertz CT molecular complexity index is 1730. The predicted molar refractivity (Wildman–Crippen MR) is 149 cm³/mol. The molecule has 1 amide bonds. The third kappa shape index (κ3) is 4.53. The summed E-state index contributed by atoms with van der Waals surface area (Å²) in [5.41, 5.74) is 4.85. The zero-order valence-corrected chi connectivity index (χ0v) is 22.0. The van der Waals surface area contributed by atoms with Crippen LogP contribution in [0.15, 0.2) is 89.5 Å². The van der Waals surface area contributed by atoms with Crippen LogP contribution in [0.5, 0.6) is 0 Å². The van der Waals surface area contributed by atoms with Crippen LogP contribution in [0.25, 0.3) is 22.2 Å². The van der Waals surface area contributed by atoms with Gasteiger partial charge in [-0.2, -0.15) is 0 Å². The van der Waals surface area contributed by atoms with Crippen molar-refractivity contribution in [1.29, 1.82) is 0 Å². The average molecular weight is 535 g/mol. The number of anilines is 1. The number of esters is 2. The fourth-order valence-corrected chi connectivity index (χ4v) is 5.35. The lowest BCUT2D eigenvalue weighted by molar-refractivity contribution is -0.116. The number of nitrogens with one attached hydrogen (secondary N) is 1. The highest BCUT2D eigenvalue weighted by molar-refractivity contribution is 6.06. The van der Waals surface area contributed by atoms with Crippen molar-refractivity contribution in [3.8, 4) is 11.3 Å². The number of aromatic nitrogens is 1. The lowest BCUT2D eigenvalue weighted by Crippen LogP contribution is -2.13. The van der Waals surface area contributed by atoms with Gasteiger partial charge in [-0.15, -0.1) is 0 Å². The molecule has 5 aromatic rings. The number of ether oxygens (including phenoxy) is 2. The third-order valence-electron chi connectivity index (χ3n) is 7.20. The second-order valence-electron chi connectivity index (χ2n) is 9.69. The second-order valence-corrected chi connectivity index (χ2v) is 9.69. The standard InChI is InChI=1S/C32H26N2O6/c1-38-31(36)21-13-20(14-22(15-21)32(37)39-2)27-11-12-28(40-27)23-16-29(35)33-25-9-6-10-26-30(25)24(23)18-34(26)17-19-7-4-3-5-8-19/h3-15,18,23H,16-17H2,1-2H3,(H,33,35)/t23-/m0/s1. The molecule has 2 aromatic heterocycles. The number of hydrogen-bond donors (Lipinski definition) is 1. The molecule has 1 atom stereocenters. The number of carbonyl (C=O) groups excluding carboxylic acids is 3. The van der Waals surface area contributed by atoms with Crippen LogP contribution < -0.4 is 5.32 Å². The average Bonchev–Trinajstić information content (AvgIpc) is 3.58. The maximum Gasteiger partial charge on any atom is 0.337 e. The SMILES string of the molecule is COC(=O)c1cc(C(=O)OC)cc(-c2ccc([C@H]3CC(=O)Nc4cccc5c4c3cn5Cc3ccccc3)o2)c1. The Hall–Kier alpha value is -5.11. The molecule has 1 aliphatic rings. The zero-order chi connectivity index (χ0) is 27.8. The fourth-order valence-electron chi connectivity index (χ4n) is 5.35. The van der Waals surface area contributed by atoms with Gasteiger partial charge in [0, 0.05) is 30.1 Å². The lowest BCUT2D eigenvalue weighted by Gasteiger charge is -2.12. The molecule has 1 N–H and O–H groups in total. The van der Waals surface area contributed by atoms with Gasteiger partial charge in [-0.05, 0) is 53.6 Å². The Morgan fingerprint density at radius 1 is 0.925 bits per heavy atom. The number of nitrogens with zero attached hydrogens (tertiary/aromatic N) is 1. The van der Waals surface area contributed by atoms with Gasteiger partial charge in [-0.1, -0.05) is 36.4 Å². The Morgan fingerprint density at radius 3 is 2.35 bits per heavy atom. The molecule has 40 heavy (non-hydrogen) atoms. The zero-order valence-electron chi connectivity index (χ0n) is 22.0. The van der Waals surface area contributed by atoms with Crippen molar-refractivity contribution in [2.24, 2.45) is 0 Å². The van der Waals surface area contributed by atoms with Crippen LogP contribution in [-0.2, 0) is 20.8 Å². The predicted octanol–water partition coefficient (Wildman–Crippen LogP) is 6.00. The van der Waals surface area contributed by atoms with Gasteiger partial charge in [-0.3, -0.25) is 4.79 Å². The highest BCUT2D eigenvalue weighted by Gasteiger charge is 2.30. The van der Waals surface area contributed by atoms with E-state index in [1.165, 1.54) is 25.8 Å². The van der Waals surface area contributed by atoms with Crippen molar-refractivity contribution >= 4 is 34.4 Å². The van der Waals surface area contributed by atoms with Gasteiger partial charge in [0.05, 0.1) is 42.5 Å². The first kappa shape index (κ1) is 25.2. The number of amides is 1. The molecule has 0 aliphatic carbocycles. The maximum absolute atomic E-state index is 13.0. The van der Waals surface area contributed by atoms with Crippen LogP contribution in [0.4, 0.5) is 5.69 Å². The normalized spacial score (nSPS) is 14.4. The van der Waals surface area contributed by atoms with Gasteiger partial charge in [0.2, 0.25) is 5.91 Å². The number of benzene rings is 3. The minimum absolute atomic E-state index is 0.109.